The lowest BCUT2D eigenvalue weighted by molar-refractivity contribution is -0.120. The lowest BCUT2D eigenvalue weighted by Gasteiger charge is -2.12. The second-order valence-electron chi connectivity index (χ2n) is 7.84. The molecule has 0 aliphatic carbocycles. The maximum absolute atomic E-state index is 12.3. The van der Waals surface area contributed by atoms with Crippen LogP contribution in [0.3, 0.4) is 0 Å². The molecule has 1 aromatic heterocycles. The van der Waals surface area contributed by atoms with Gasteiger partial charge in [-0.05, 0) is 42.0 Å². The van der Waals surface area contributed by atoms with Crippen LogP contribution in [0.15, 0.2) is 48.5 Å². The van der Waals surface area contributed by atoms with Gasteiger partial charge in [0.05, 0.1) is 13.5 Å². The first-order valence-electron chi connectivity index (χ1n) is 11.3. The number of anilines is 2. The van der Waals surface area contributed by atoms with E-state index in [1.165, 1.54) is 20.1 Å². The van der Waals surface area contributed by atoms with Crippen LogP contribution in [-0.2, 0) is 16.0 Å². The number of nitrogens with one attached hydrogen (secondary N) is 4. The summed E-state index contributed by atoms with van der Waals surface area (Å²) in [6.45, 7) is 3.21. The number of carbonyl (C=O) groups is 2. The van der Waals surface area contributed by atoms with E-state index in [2.05, 4.69) is 31.2 Å². The van der Waals surface area contributed by atoms with Crippen LogP contribution < -0.4 is 26.0 Å². The Morgan fingerprint density at radius 3 is 2.14 bits per heavy atom. The molecule has 0 radical (unpaired) electrons. The van der Waals surface area contributed by atoms with Crippen molar-refractivity contribution in [2.24, 2.45) is 0 Å². The molecule has 0 saturated heterocycles. The number of carbonyl (C=O) groups excluding carboxylic acids is 2. The Kier molecular flexibility index (Phi) is 9.70. The molecule has 2 amide bonds. The van der Waals surface area contributed by atoms with E-state index in [-0.39, 0.29) is 24.0 Å². The maximum Gasteiger partial charge on any atom is 0.224 e. The number of phenols is 1. The average molecular weight is 513 g/mol. The number of aromatic hydroxyl groups is 1. The molecule has 2 aromatic carbocycles. The van der Waals surface area contributed by atoms with Gasteiger partial charge in [0.1, 0.15) is 11.6 Å². The topological polar surface area (TPSA) is 138 Å². The van der Waals surface area contributed by atoms with Crippen LogP contribution in [0.4, 0.5) is 11.6 Å². The largest absolute Gasteiger partial charge is 0.504 e. The van der Waals surface area contributed by atoms with Gasteiger partial charge in [-0.1, -0.05) is 17.7 Å². The van der Waals surface area contributed by atoms with Gasteiger partial charge in [0.25, 0.3) is 0 Å². The van der Waals surface area contributed by atoms with Gasteiger partial charge >= 0.3 is 0 Å². The molecule has 190 valence electrons. The number of nitrogens with zero attached hydrogens (tertiary/aromatic N) is 2. The SMILES string of the molecule is COc1ccc(CC(=O)NCCNc2cc(NCCNC(C)=O)nc(-c3ccc(Cl)cc3)n2)cc1O. The van der Waals surface area contributed by atoms with Crippen LogP contribution in [0.25, 0.3) is 11.4 Å². The lowest BCUT2D eigenvalue weighted by atomic mass is 10.1. The third-order valence-corrected chi connectivity index (χ3v) is 5.25. The monoisotopic (exact) mass is 512 g/mol. The van der Waals surface area contributed by atoms with Crippen molar-refractivity contribution in [3.8, 4) is 22.9 Å². The van der Waals surface area contributed by atoms with Crippen LogP contribution >= 0.6 is 11.6 Å². The van der Waals surface area contributed by atoms with Gasteiger partial charge in [0, 0.05) is 49.8 Å². The molecule has 0 fully saturated rings. The summed E-state index contributed by atoms with van der Waals surface area (Å²) in [4.78, 5) is 32.5. The number of phenolic OH excluding ortho intramolecular Hbond substituents is 1. The summed E-state index contributed by atoms with van der Waals surface area (Å²) in [5.74, 6) is 1.74. The molecule has 3 rings (SSSR count). The molecule has 0 aliphatic rings. The summed E-state index contributed by atoms with van der Waals surface area (Å²) < 4.78 is 5.02. The highest BCUT2D eigenvalue weighted by molar-refractivity contribution is 6.30. The highest BCUT2D eigenvalue weighted by atomic mass is 35.5. The zero-order valence-corrected chi connectivity index (χ0v) is 20.9. The predicted molar refractivity (Wildman–Crippen MR) is 140 cm³/mol. The van der Waals surface area contributed by atoms with Crippen molar-refractivity contribution in [2.45, 2.75) is 13.3 Å². The highest BCUT2D eigenvalue weighted by Crippen LogP contribution is 2.26. The van der Waals surface area contributed by atoms with Crippen molar-refractivity contribution in [1.82, 2.24) is 20.6 Å². The van der Waals surface area contributed by atoms with E-state index in [1.807, 2.05) is 12.1 Å². The van der Waals surface area contributed by atoms with Gasteiger partial charge in [0.2, 0.25) is 11.8 Å². The molecule has 10 nitrogen and oxygen atoms in total. The Hall–Kier alpha value is -4.05. The molecule has 1 heterocycles. The second-order valence-corrected chi connectivity index (χ2v) is 8.27. The molecular formula is C25H29ClN6O4. The molecule has 0 bridgehead atoms. The first-order chi connectivity index (χ1) is 17.3. The van der Waals surface area contributed by atoms with E-state index in [9.17, 15) is 14.7 Å². The van der Waals surface area contributed by atoms with Gasteiger partial charge in [-0.15, -0.1) is 0 Å². The summed E-state index contributed by atoms with van der Waals surface area (Å²) in [7, 11) is 1.47. The third kappa shape index (κ3) is 8.31. The van der Waals surface area contributed by atoms with Crippen molar-refractivity contribution in [1.29, 1.82) is 0 Å². The van der Waals surface area contributed by atoms with E-state index in [0.717, 1.165) is 5.56 Å². The van der Waals surface area contributed by atoms with Gasteiger partial charge in [-0.2, -0.15) is 0 Å². The van der Waals surface area contributed by atoms with Gasteiger partial charge in [0.15, 0.2) is 17.3 Å². The minimum absolute atomic E-state index is 0.00814. The number of benzene rings is 2. The number of halogens is 1. The maximum atomic E-state index is 12.3. The Bertz CT molecular complexity index is 1190. The van der Waals surface area contributed by atoms with Crippen LogP contribution in [0.1, 0.15) is 12.5 Å². The molecule has 0 aliphatic heterocycles. The summed E-state index contributed by atoms with van der Waals surface area (Å²) in [6, 6.07) is 13.8. The smallest absolute Gasteiger partial charge is 0.224 e. The van der Waals surface area contributed by atoms with E-state index in [1.54, 1.807) is 30.3 Å². The quantitative estimate of drug-likeness (QED) is 0.234. The first kappa shape index (κ1) is 26.6. The van der Waals surface area contributed by atoms with Crippen LogP contribution in [0.2, 0.25) is 5.02 Å². The molecular weight excluding hydrogens is 484 g/mol. The fraction of sp³-hybridized carbons (Fsp3) is 0.280. The standard InChI is InChI=1S/C25H29ClN6O4/c1-16(33)27-9-10-28-22-15-23(32-25(31-22)18-4-6-19(26)7-5-18)29-11-12-30-24(35)14-17-3-8-21(36-2)20(34)13-17/h3-8,13,15,34H,9-12,14H2,1-2H3,(H,27,33)(H,30,35)(H2,28,29,31,32). The molecule has 11 heteroatoms. The summed E-state index contributed by atoms with van der Waals surface area (Å²) in [5.41, 5.74) is 1.47. The van der Waals surface area contributed by atoms with Crippen LogP contribution in [0.5, 0.6) is 11.5 Å². The average Bonchev–Trinajstić information content (AvgIpc) is 2.85. The van der Waals surface area contributed by atoms with E-state index in [0.29, 0.717) is 60.0 Å². The Morgan fingerprint density at radius 1 is 0.917 bits per heavy atom. The molecule has 0 atom stereocenters. The normalized spacial score (nSPS) is 10.4. The van der Waals surface area contributed by atoms with E-state index < -0.39 is 0 Å². The molecule has 36 heavy (non-hydrogen) atoms. The second kappa shape index (κ2) is 13.1. The van der Waals surface area contributed by atoms with E-state index >= 15 is 0 Å². The van der Waals surface area contributed by atoms with Gasteiger partial charge in [-0.25, -0.2) is 9.97 Å². The van der Waals surface area contributed by atoms with Crippen molar-refractivity contribution < 1.29 is 19.4 Å². The molecule has 5 N–H and O–H groups in total. The van der Waals surface area contributed by atoms with Gasteiger partial charge in [-0.3, -0.25) is 9.59 Å². The minimum atomic E-state index is -0.175. The lowest BCUT2D eigenvalue weighted by Crippen LogP contribution is -2.30. The number of rotatable bonds is 12. The molecule has 0 unspecified atom stereocenters. The fourth-order valence-electron chi connectivity index (χ4n) is 3.27. The van der Waals surface area contributed by atoms with Crippen molar-refractivity contribution in [2.75, 3.05) is 43.9 Å². The summed E-state index contributed by atoms with van der Waals surface area (Å²) in [6.07, 6.45) is 0.133. The Morgan fingerprint density at radius 2 is 1.56 bits per heavy atom. The fourth-order valence-corrected chi connectivity index (χ4v) is 3.40. The van der Waals surface area contributed by atoms with Crippen LogP contribution in [-0.4, -0.2) is 60.2 Å². The summed E-state index contributed by atoms with van der Waals surface area (Å²) >= 11 is 6.00. The first-order valence-corrected chi connectivity index (χ1v) is 11.7. The number of amides is 2. The number of hydrogen-bond acceptors (Lipinski definition) is 8. The Labute approximate surface area is 214 Å². The molecule has 0 saturated carbocycles. The Balaban J connectivity index is 1.58. The zero-order valence-electron chi connectivity index (χ0n) is 20.1. The number of ether oxygens (including phenoxy) is 1. The van der Waals surface area contributed by atoms with Crippen molar-refractivity contribution >= 4 is 35.1 Å². The zero-order chi connectivity index (χ0) is 25.9. The molecule has 3 aromatic rings. The van der Waals surface area contributed by atoms with Gasteiger partial charge < -0.3 is 31.1 Å². The highest BCUT2D eigenvalue weighted by Gasteiger charge is 2.09. The van der Waals surface area contributed by atoms with E-state index in [4.69, 9.17) is 16.3 Å². The summed E-state index contributed by atoms with van der Waals surface area (Å²) in [5, 5.41) is 22.4. The number of hydrogen-bond donors (Lipinski definition) is 5. The van der Waals surface area contributed by atoms with Crippen molar-refractivity contribution in [3.63, 3.8) is 0 Å². The van der Waals surface area contributed by atoms with Crippen LogP contribution in [0, 0.1) is 0 Å². The number of methoxy groups -OCH3 is 1. The number of aromatic nitrogens is 2. The minimum Gasteiger partial charge on any atom is -0.504 e. The van der Waals surface area contributed by atoms with Crippen molar-refractivity contribution in [3.05, 3.63) is 59.1 Å². The molecule has 0 spiro atoms. The predicted octanol–water partition coefficient (Wildman–Crippen LogP) is 2.83. The third-order valence-electron chi connectivity index (χ3n) is 4.99.